The van der Waals surface area contributed by atoms with Crippen LogP contribution in [0.1, 0.15) is 18.6 Å². The highest BCUT2D eigenvalue weighted by Crippen LogP contribution is 2.32. The Morgan fingerprint density at radius 3 is 2.41 bits per heavy atom. The zero-order chi connectivity index (χ0) is 29.0. The van der Waals surface area contributed by atoms with E-state index in [4.69, 9.17) is 10.3 Å². The van der Waals surface area contributed by atoms with Crippen molar-refractivity contribution in [3.63, 3.8) is 0 Å². The van der Waals surface area contributed by atoms with Crippen LogP contribution in [0.4, 0.5) is 10.5 Å². The van der Waals surface area contributed by atoms with Crippen LogP contribution in [0.15, 0.2) is 89.9 Å². The molecule has 1 N–H and O–H groups in total. The number of carbonyl (C=O) groups is 2. The first kappa shape index (κ1) is 26.0. The lowest BCUT2D eigenvalue weighted by atomic mass is 10.0. The SMILES string of the molecule is [2H]c1ccc2c(c1)c([C@H](O)[C@@H](OS(=O)(=O)c1ccc([N+](=O)[O-])cc1)C(=O)OC)cn2C(=O)OCc1ccccc1. The molecule has 3 aromatic carbocycles. The molecule has 0 spiro atoms. The molecule has 4 rings (SSSR count). The number of carbonyl (C=O) groups excluding carboxylic acids is 2. The minimum atomic E-state index is -4.74. The van der Waals surface area contributed by atoms with Gasteiger partial charge in [0.25, 0.3) is 15.8 Å². The molecule has 0 aliphatic heterocycles. The second kappa shape index (κ2) is 11.4. The van der Waals surface area contributed by atoms with E-state index < -0.39 is 44.2 Å². The van der Waals surface area contributed by atoms with Crippen molar-refractivity contribution >= 4 is 38.8 Å². The summed E-state index contributed by atoms with van der Waals surface area (Å²) >= 11 is 0. The van der Waals surface area contributed by atoms with Gasteiger partial charge >= 0.3 is 12.1 Å². The monoisotopic (exact) mass is 555 g/mol. The lowest BCUT2D eigenvalue weighted by Gasteiger charge is -2.20. The maximum Gasteiger partial charge on any atom is 0.418 e. The van der Waals surface area contributed by atoms with Crippen LogP contribution >= 0.6 is 0 Å². The Morgan fingerprint density at radius 2 is 1.77 bits per heavy atom. The van der Waals surface area contributed by atoms with E-state index in [-0.39, 0.29) is 34.8 Å². The van der Waals surface area contributed by atoms with Crippen LogP contribution in [0.2, 0.25) is 0 Å². The summed E-state index contributed by atoms with van der Waals surface area (Å²) in [5, 5.41) is 22.2. The summed E-state index contributed by atoms with van der Waals surface area (Å²) < 4.78 is 49.9. The van der Waals surface area contributed by atoms with Crippen LogP contribution in [0.3, 0.4) is 0 Å². The number of nitrogens with zero attached hydrogens (tertiary/aromatic N) is 2. The molecule has 4 aromatic rings. The summed E-state index contributed by atoms with van der Waals surface area (Å²) in [4.78, 5) is 35.2. The molecule has 0 radical (unpaired) electrons. The summed E-state index contributed by atoms with van der Waals surface area (Å²) in [6.07, 6.45) is -3.81. The summed E-state index contributed by atoms with van der Waals surface area (Å²) in [7, 11) is -3.78. The molecule has 0 aliphatic rings. The Labute approximate surface area is 223 Å². The Bertz CT molecular complexity index is 1670. The van der Waals surface area contributed by atoms with Crippen molar-refractivity contribution in [3.8, 4) is 0 Å². The highest BCUT2D eigenvalue weighted by atomic mass is 32.2. The van der Waals surface area contributed by atoms with Gasteiger partial charge in [0.1, 0.15) is 12.7 Å². The van der Waals surface area contributed by atoms with Crippen LogP contribution in [-0.2, 0) is 35.2 Å². The Balaban J connectivity index is 1.69. The quantitative estimate of drug-likeness (QED) is 0.139. The van der Waals surface area contributed by atoms with E-state index in [1.165, 1.54) is 18.2 Å². The maximum atomic E-state index is 12.9. The number of fused-ring (bicyclic) bond motifs is 1. The molecule has 2 atom stereocenters. The zero-order valence-corrected chi connectivity index (χ0v) is 21.1. The molecule has 0 saturated heterocycles. The molecule has 13 heteroatoms. The fourth-order valence-corrected chi connectivity index (χ4v) is 4.78. The highest BCUT2D eigenvalue weighted by Gasteiger charge is 2.37. The van der Waals surface area contributed by atoms with Gasteiger partial charge in [0.2, 0.25) is 6.10 Å². The molecular formula is C26H22N2O10S. The predicted octanol–water partition coefficient (Wildman–Crippen LogP) is 3.71. The number of hydrogen-bond donors (Lipinski definition) is 1. The number of nitro benzene ring substituents is 1. The van der Waals surface area contributed by atoms with E-state index >= 15 is 0 Å². The van der Waals surface area contributed by atoms with Crippen molar-refractivity contribution in [2.75, 3.05) is 7.11 Å². The smallest absolute Gasteiger partial charge is 0.418 e. The first-order chi connectivity index (χ1) is 19.0. The van der Waals surface area contributed by atoms with E-state index in [1.807, 2.05) is 0 Å². The van der Waals surface area contributed by atoms with Crippen LogP contribution in [0.5, 0.6) is 0 Å². The molecule has 0 amide bonds. The molecular weight excluding hydrogens is 532 g/mol. The number of non-ortho nitro benzene ring substituents is 1. The van der Waals surface area contributed by atoms with Gasteiger partial charge in [-0.3, -0.25) is 14.7 Å². The van der Waals surface area contributed by atoms with Gasteiger partial charge in [-0.2, -0.15) is 8.42 Å². The number of ether oxygens (including phenoxy) is 2. The number of rotatable bonds is 9. The molecule has 0 aliphatic carbocycles. The van der Waals surface area contributed by atoms with Crippen LogP contribution in [0, 0.1) is 10.1 Å². The highest BCUT2D eigenvalue weighted by molar-refractivity contribution is 7.86. The third kappa shape index (κ3) is 5.95. The summed E-state index contributed by atoms with van der Waals surface area (Å²) in [5.74, 6) is -1.26. The minimum Gasteiger partial charge on any atom is -0.467 e. The van der Waals surface area contributed by atoms with Crippen molar-refractivity contribution in [3.05, 3.63) is 106 Å². The van der Waals surface area contributed by atoms with Gasteiger partial charge in [-0.05, 0) is 23.8 Å². The third-order valence-electron chi connectivity index (χ3n) is 5.69. The Hall–Kier alpha value is -4.59. The van der Waals surface area contributed by atoms with Crippen LogP contribution < -0.4 is 0 Å². The van der Waals surface area contributed by atoms with Crippen molar-refractivity contribution in [1.82, 2.24) is 4.57 Å². The summed E-state index contributed by atoms with van der Waals surface area (Å²) in [5.41, 5.74) is 0.443. The number of aliphatic hydroxyl groups excluding tert-OH is 1. The fraction of sp³-hybridized carbons (Fsp3) is 0.154. The first-order valence-corrected chi connectivity index (χ1v) is 12.7. The van der Waals surface area contributed by atoms with Gasteiger partial charge in [-0.15, -0.1) is 0 Å². The normalized spacial score (nSPS) is 13.3. The maximum absolute atomic E-state index is 12.9. The molecule has 0 bridgehead atoms. The van der Waals surface area contributed by atoms with Gasteiger partial charge in [-0.1, -0.05) is 48.5 Å². The minimum absolute atomic E-state index is 0.00499. The molecule has 1 aromatic heterocycles. The average molecular weight is 556 g/mol. The Morgan fingerprint density at radius 1 is 1.08 bits per heavy atom. The van der Waals surface area contributed by atoms with E-state index in [9.17, 15) is 33.2 Å². The second-order valence-electron chi connectivity index (χ2n) is 8.13. The van der Waals surface area contributed by atoms with Gasteiger partial charge in [0.05, 0.1) is 23.8 Å². The lowest BCUT2D eigenvalue weighted by molar-refractivity contribution is -0.384. The molecule has 202 valence electrons. The molecule has 39 heavy (non-hydrogen) atoms. The number of aliphatic hydroxyl groups is 1. The Kier molecular flexibility index (Phi) is 7.63. The van der Waals surface area contributed by atoms with E-state index in [1.54, 1.807) is 30.3 Å². The topological polar surface area (TPSA) is 164 Å². The van der Waals surface area contributed by atoms with E-state index in [0.29, 0.717) is 0 Å². The van der Waals surface area contributed by atoms with Crippen LogP contribution in [-0.4, -0.2) is 48.3 Å². The standard InChI is InChI=1S/C26H22N2O10S/c1-36-25(30)24(38-39(34,35)19-13-11-18(12-14-19)28(32)33)23(29)21-15-27(22-10-6-5-9-20(21)22)26(31)37-16-17-7-3-2-4-8-17/h2-15,23-24,29H,16H2,1H3/t23-,24+/m0/s1/i5D. The molecule has 0 saturated carbocycles. The number of nitro groups is 1. The number of aromatic nitrogens is 1. The largest absolute Gasteiger partial charge is 0.467 e. The van der Waals surface area contributed by atoms with Crippen molar-refractivity contribution in [2.24, 2.45) is 0 Å². The summed E-state index contributed by atoms with van der Waals surface area (Å²) in [6, 6.07) is 16.7. The number of hydrogen-bond acceptors (Lipinski definition) is 10. The van der Waals surface area contributed by atoms with Crippen molar-refractivity contribution < 1.29 is 43.1 Å². The number of para-hydroxylation sites is 1. The van der Waals surface area contributed by atoms with E-state index in [0.717, 1.165) is 47.7 Å². The van der Waals surface area contributed by atoms with Crippen molar-refractivity contribution in [2.45, 2.75) is 23.7 Å². The predicted molar refractivity (Wildman–Crippen MR) is 136 cm³/mol. The molecule has 12 nitrogen and oxygen atoms in total. The third-order valence-corrected chi connectivity index (χ3v) is 7.00. The molecule has 1 heterocycles. The van der Waals surface area contributed by atoms with E-state index in [2.05, 4.69) is 4.74 Å². The van der Waals surface area contributed by atoms with Gasteiger partial charge < -0.3 is 14.6 Å². The van der Waals surface area contributed by atoms with Gasteiger partial charge in [0, 0.05) is 29.3 Å². The first-order valence-electron chi connectivity index (χ1n) is 11.8. The fourth-order valence-electron chi connectivity index (χ4n) is 3.74. The number of esters is 1. The average Bonchev–Trinajstić information content (AvgIpc) is 3.33. The molecule has 0 fully saturated rings. The number of benzene rings is 3. The number of methoxy groups -OCH3 is 1. The van der Waals surface area contributed by atoms with Gasteiger partial charge in [-0.25, -0.2) is 13.8 Å². The van der Waals surface area contributed by atoms with Crippen molar-refractivity contribution in [1.29, 1.82) is 0 Å². The molecule has 0 unspecified atom stereocenters. The second-order valence-corrected chi connectivity index (χ2v) is 9.70. The van der Waals surface area contributed by atoms with Gasteiger partial charge in [0.15, 0.2) is 0 Å². The van der Waals surface area contributed by atoms with Crippen LogP contribution in [0.25, 0.3) is 10.9 Å². The lowest BCUT2D eigenvalue weighted by Crippen LogP contribution is -2.34. The zero-order valence-electron chi connectivity index (χ0n) is 21.3. The summed E-state index contributed by atoms with van der Waals surface area (Å²) in [6.45, 7) is -0.0604.